The Labute approximate surface area is 164 Å². The number of benzene rings is 2. The molecule has 1 aliphatic carbocycles. The SMILES string of the molecule is Cc1ccc(COC(=O)c2[nH]c3c(c2C)C(=O)CC(c2ccccc2)C3)cc1. The Kier molecular flexibility index (Phi) is 4.86. The number of nitrogens with one attached hydrogen (secondary N) is 1. The van der Waals surface area contributed by atoms with E-state index in [0.717, 1.165) is 28.8 Å². The van der Waals surface area contributed by atoms with Crippen molar-refractivity contribution in [3.05, 3.63) is 93.8 Å². The molecule has 1 aromatic heterocycles. The molecule has 2 aromatic carbocycles. The molecule has 4 heteroatoms. The summed E-state index contributed by atoms with van der Waals surface area (Å²) in [5.41, 5.74) is 5.83. The standard InChI is InChI=1S/C24H23NO3/c1-15-8-10-17(11-9-15)14-28-24(27)23-16(2)22-20(25-23)12-19(13-21(22)26)18-6-4-3-5-7-18/h3-11,19,25H,12-14H2,1-2H3. The Morgan fingerprint density at radius 1 is 1.04 bits per heavy atom. The van der Waals surface area contributed by atoms with Gasteiger partial charge in [0, 0.05) is 17.7 Å². The minimum absolute atomic E-state index is 0.0847. The van der Waals surface area contributed by atoms with Gasteiger partial charge < -0.3 is 9.72 Å². The molecular weight excluding hydrogens is 350 g/mol. The largest absolute Gasteiger partial charge is 0.456 e. The maximum atomic E-state index is 12.8. The van der Waals surface area contributed by atoms with E-state index in [1.807, 2.05) is 56.3 Å². The van der Waals surface area contributed by atoms with Gasteiger partial charge in [-0.2, -0.15) is 0 Å². The Hall–Kier alpha value is -3.14. The van der Waals surface area contributed by atoms with Crippen LogP contribution < -0.4 is 0 Å². The highest BCUT2D eigenvalue weighted by Crippen LogP contribution is 2.35. The second-order valence-electron chi connectivity index (χ2n) is 7.48. The number of carbonyl (C=O) groups is 2. The number of aromatic nitrogens is 1. The van der Waals surface area contributed by atoms with Crippen LogP contribution in [0.25, 0.3) is 0 Å². The van der Waals surface area contributed by atoms with E-state index in [-0.39, 0.29) is 18.3 Å². The molecule has 1 atom stereocenters. The quantitative estimate of drug-likeness (QED) is 0.662. The van der Waals surface area contributed by atoms with Gasteiger partial charge in [-0.15, -0.1) is 0 Å². The van der Waals surface area contributed by atoms with Gasteiger partial charge in [0.25, 0.3) is 0 Å². The van der Waals surface area contributed by atoms with Crippen LogP contribution in [0.5, 0.6) is 0 Å². The molecule has 4 nitrogen and oxygen atoms in total. The van der Waals surface area contributed by atoms with E-state index in [0.29, 0.717) is 23.2 Å². The third-order valence-electron chi connectivity index (χ3n) is 5.45. The third-order valence-corrected chi connectivity index (χ3v) is 5.45. The molecule has 142 valence electrons. The number of hydrogen-bond acceptors (Lipinski definition) is 3. The lowest BCUT2D eigenvalue weighted by molar-refractivity contribution is 0.0465. The van der Waals surface area contributed by atoms with Crippen molar-refractivity contribution < 1.29 is 14.3 Å². The van der Waals surface area contributed by atoms with Crippen molar-refractivity contribution in [3.63, 3.8) is 0 Å². The molecule has 1 N–H and O–H groups in total. The predicted octanol–water partition coefficient (Wildman–Crippen LogP) is 4.90. The van der Waals surface area contributed by atoms with Crippen molar-refractivity contribution in [3.8, 4) is 0 Å². The number of carbonyl (C=O) groups excluding carboxylic acids is 2. The molecule has 28 heavy (non-hydrogen) atoms. The van der Waals surface area contributed by atoms with E-state index < -0.39 is 5.97 Å². The van der Waals surface area contributed by atoms with Crippen LogP contribution in [0.15, 0.2) is 54.6 Å². The molecule has 1 aliphatic rings. The van der Waals surface area contributed by atoms with E-state index in [4.69, 9.17) is 4.74 Å². The predicted molar refractivity (Wildman–Crippen MR) is 108 cm³/mol. The van der Waals surface area contributed by atoms with E-state index in [9.17, 15) is 9.59 Å². The van der Waals surface area contributed by atoms with Crippen molar-refractivity contribution in [1.29, 1.82) is 0 Å². The third kappa shape index (κ3) is 3.50. The Morgan fingerprint density at radius 2 is 1.75 bits per heavy atom. The van der Waals surface area contributed by atoms with Gasteiger partial charge in [0.15, 0.2) is 5.78 Å². The molecule has 0 fully saturated rings. The van der Waals surface area contributed by atoms with Crippen LogP contribution in [-0.2, 0) is 17.8 Å². The van der Waals surface area contributed by atoms with E-state index in [1.165, 1.54) is 0 Å². The number of ketones is 1. The molecule has 1 heterocycles. The fourth-order valence-electron chi connectivity index (χ4n) is 3.90. The second-order valence-corrected chi connectivity index (χ2v) is 7.48. The average molecular weight is 373 g/mol. The number of fused-ring (bicyclic) bond motifs is 1. The minimum Gasteiger partial charge on any atom is -0.456 e. The number of hydrogen-bond donors (Lipinski definition) is 1. The van der Waals surface area contributed by atoms with Crippen molar-refractivity contribution in [2.24, 2.45) is 0 Å². The Bertz CT molecular complexity index is 1020. The minimum atomic E-state index is -0.420. The summed E-state index contributed by atoms with van der Waals surface area (Å²) in [6.07, 6.45) is 1.19. The molecule has 0 saturated carbocycles. The average Bonchev–Trinajstić information content (AvgIpc) is 3.05. The number of aryl methyl sites for hydroxylation is 1. The Morgan fingerprint density at radius 3 is 2.46 bits per heavy atom. The lowest BCUT2D eigenvalue weighted by Gasteiger charge is -2.22. The van der Waals surface area contributed by atoms with Gasteiger partial charge in [0.1, 0.15) is 12.3 Å². The number of rotatable bonds is 4. The normalized spacial score (nSPS) is 15.9. The van der Waals surface area contributed by atoms with Gasteiger partial charge >= 0.3 is 5.97 Å². The van der Waals surface area contributed by atoms with Crippen LogP contribution in [0, 0.1) is 13.8 Å². The van der Waals surface area contributed by atoms with Crippen LogP contribution in [0.4, 0.5) is 0 Å². The van der Waals surface area contributed by atoms with E-state index >= 15 is 0 Å². The van der Waals surface area contributed by atoms with Gasteiger partial charge in [-0.25, -0.2) is 4.79 Å². The number of ether oxygens (including phenoxy) is 1. The first-order valence-electron chi connectivity index (χ1n) is 9.55. The molecule has 0 bridgehead atoms. The van der Waals surface area contributed by atoms with Crippen molar-refractivity contribution in [2.75, 3.05) is 0 Å². The van der Waals surface area contributed by atoms with Crippen LogP contribution in [0.3, 0.4) is 0 Å². The first-order chi connectivity index (χ1) is 13.5. The molecule has 0 saturated heterocycles. The fourth-order valence-corrected chi connectivity index (χ4v) is 3.90. The summed E-state index contributed by atoms with van der Waals surface area (Å²) >= 11 is 0. The molecule has 0 amide bonds. The van der Waals surface area contributed by atoms with Gasteiger partial charge in [-0.3, -0.25) is 4.79 Å². The maximum absolute atomic E-state index is 12.8. The van der Waals surface area contributed by atoms with Crippen LogP contribution in [0.1, 0.15) is 61.1 Å². The molecule has 0 spiro atoms. The highest BCUT2D eigenvalue weighted by molar-refractivity contribution is 6.03. The number of H-pyrrole nitrogens is 1. The van der Waals surface area contributed by atoms with Crippen LogP contribution in [-0.4, -0.2) is 16.7 Å². The van der Waals surface area contributed by atoms with Crippen molar-refractivity contribution in [1.82, 2.24) is 4.98 Å². The Balaban J connectivity index is 1.53. The summed E-state index contributed by atoms with van der Waals surface area (Å²) in [6, 6.07) is 17.9. The van der Waals surface area contributed by atoms with Gasteiger partial charge in [-0.1, -0.05) is 60.2 Å². The zero-order valence-electron chi connectivity index (χ0n) is 16.1. The maximum Gasteiger partial charge on any atom is 0.355 e. The zero-order valence-corrected chi connectivity index (χ0v) is 16.1. The second kappa shape index (κ2) is 7.47. The first-order valence-corrected chi connectivity index (χ1v) is 9.55. The summed E-state index contributed by atoms with van der Waals surface area (Å²) in [6.45, 7) is 4.05. The van der Waals surface area contributed by atoms with E-state index in [1.54, 1.807) is 0 Å². The highest BCUT2D eigenvalue weighted by Gasteiger charge is 2.32. The molecule has 0 aliphatic heterocycles. The van der Waals surface area contributed by atoms with E-state index in [2.05, 4.69) is 17.1 Å². The molecule has 0 radical (unpaired) electrons. The topological polar surface area (TPSA) is 59.2 Å². The smallest absolute Gasteiger partial charge is 0.355 e. The van der Waals surface area contributed by atoms with Gasteiger partial charge in [-0.05, 0) is 42.9 Å². The lowest BCUT2D eigenvalue weighted by Crippen LogP contribution is -2.18. The monoisotopic (exact) mass is 373 g/mol. The molecule has 1 unspecified atom stereocenters. The first kappa shape index (κ1) is 18.2. The molecule has 4 rings (SSSR count). The molecular formula is C24H23NO3. The molecule has 3 aromatic rings. The summed E-state index contributed by atoms with van der Waals surface area (Å²) < 4.78 is 5.48. The summed E-state index contributed by atoms with van der Waals surface area (Å²) in [5.74, 6) is -0.200. The fraction of sp³-hybridized carbons (Fsp3) is 0.250. The summed E-state index contributed by atoms with van der Waals surface area (Å²) in [5, 5.41) is 0. The van der Waals surface area contributed by atoms with Crippen molar-refractivity contribution >= 4 is 11.8 Å². The highest BCUT2D eigenvalue weighted by atomic mass is 16.5. The zero-order chi connectivity index (χ0) is 19.7. The van der Waals surface area contributed by atoms with Gasteiger partial charge in [0.2, 0.25) is 0 Å². The van der Waals surface area contributed by atoms with Gasteiger partial charge in [0.05, 0.1) is 0 Å². The number of esters is 1. The van der Waals surface area contributed by atoms with Crippen LogP contribution in [0.2, 0.25) is 0 Å². The summed E-state index contributed by atoms with van der Waals surface area (Å²) in [7, 11) is 0. The lowest BCUT2D eigenvalue weighted by atomic mass is 9.81. The van der Waals surface area contributed by atoms with Crippen molar-refractivity contribution in [2.45, 2.75) is 39.2 Å². The van der Waals surface area contributed by atoms with Crippen LogP contribution >= 0.6 is 0 Å². The summed E-state index contributed by atoms with van der Waals surface area (Å²) in [4.78, 5) is 28.6. The number of Topliss-reactive ketones (excluding diaryl/α,β-unsaturated/α-hetero) is 1. The number of aromatic amines is 1.